The number of aromatic nitrogens is 2. The van der Waals surface area contributed by atoms with Crippen molar-refractivity contribution in [3.63, 3.8) is 0 Å². The third-order valence-corrected chi connectivity index (χ3v) is 4.71. The summed E-state index contributed by atoms with van der Waals surface area (Å²) in [7, 11) is 2.88. The van der Waals surface area contributed by atoms with Gasteiger partial charge >= 0.3 is 5.97 Å². The van der Waals surface area contributed by atoms with Crippen molar-refractivity contribution in [2.45, 2.75) is 20.4 Å². The number of rotatable bonds is 6. The second kappa shape index (κ2) is 8.60. The van der Waals surface area contributed by atoms with Crippen molar-refractivity contribution in [3.05, 3.63) is 76.6 Å². The molecule has 0 aliphatic rings. The largest absolute Gasteiger partial charge is 0.496 e. The molecule has 0 fully saturated rings. The van der Waals surface area contributed by atoms with Crippen molar-refractivity contribution in [1.29, 1.82) is 0 Å². The van der Waals surface area contributed by atoms with E-state index in [2.05, 4.69) is 10.4 Å². The Bertz CT molecular complexity index is 1060. The lowest BCUT2D eigenvalue weighted by Crippen LogP contribution is -2.14. The van der Waals surface area contributed by atoms with Crippen LogP contribution in [-0.2, 0) is 11.3 Å². The number of amides is 1. The molecule has 0 bridgehead atoms. The smallest absolute Gasteiger partial charge is 0.338 e. The molecular weight excluding hydrogens is 370 g/mol. The Hall–Kier alpha value is -3.61. The first-order valence-corrected chi connectivity index (χ1v) is 9.10. The maximum Gasteiger partial charge on any atom is 0.338 e. The first kappa shape index (κ1) is 20.1. The van der Waals surface area contributed by atoms with Gasteiger partial charge < -0.3 is 14.8 Å². The minimum Gasteiger partial charge on any atom is -0.496 e. The fraction of sp³-hybridized carbons (Fsp3) is 0.227. The minimum absolute atomic E-state index is 0.275. The molecule has 2 aromatic carbocycles. The highest BCUT2D eigenvalue weighted by Gasteiger charge is 2.19. The van der Waals surface area contributed by atoms with Crippen LogP contribution in [0, 0.1) is 13.8 Å². The summed E-state index contributed by atoms with van der Waals surface area (Å²) >= 11 is 0. The van der Waals surface area contributed by atoms with Crippen LogP contribution in [0.15, 0.2) is 48.5 Å². The Morgan fingerprint density at radius 2 is 1.66 bits per heavy atom. The Kier molecular flexibility index (Phi) is 5.97. The number of esters is 1. The lowest BCUT2D eigenvalue weighted by Gasteiger charge is -2.11. The van der Waals surface area contributed by atoms with Crippen molar-refractivity contribution in [2.75, 3.05) is 19.5 Å². The topological polar surface area (TPSA) is 82.5 Å². The average molecular weight is 393 g/mol. The maximum atomic E-state index is 12.8. The Morgan fingerprint density at radius 1 is 1.00 bits per heavy atom. The standard InChI is InChI=1S/C22H23N3O4/c1-14-20(23-21(26)18-11-7-8-12-19(18)28-3)15(2)25(24-14)13-16-9-5-6-10-17(16)22(27)29-4/h5-12H,13H2,1-4H3,(H,23,26). The molecule has 1 amide bonds. The highest BCUT2D eigenvalue weighted by Crippen LogP contribution is 2.24. The Balaban J connectivity index is 1.88. The van der Waals surface area contributed by atoms with Gasteiger partial charge in [-0.15, -0.1) is 0 Å². The summed E-state index contributed by atoms with van der Waals surface area (Å²) in [5, 5.41) is 7.47. The van der Waals surface area contributed by atoms with E-state index in [9.17, 15) is 9.59 Å². The van der Waals surface area contributed by atoms with E-state index in [1.807, 2.05) is 32.0 Å². The van der Waals surface area contributed by atoms with Crippen molar-refractivity contribution in [2.24, 2.45) is 0 Å². The van der Waals surface area contributed by atoms with Gasteiger partial charge in [0.1, 0.15) is 5.75 Å². The number of hydrogen-bond acceptors (Lipinski definition) is 5. The molecule has 3 aromatic rings. The summed E-state index contributed by atoms with van der Waals surface area (Å²) in [4.78, 5) is 24.8. The molecule has 7 nitrogen and oxygen atoms in total. The number of hydrogen-bond donors (Lipinski definition) is 1. The van der Waals surface area contributed by atoms with E-state index in [-0.39, 0.29) is 5.91 Å². The molecule has 0 atom stereocenters. The number of carbonyl (C=O) groups excluding carboxylic acids is 2. The molecule has 0 aliphatic heterocycles. The van der Waals surface area contributed by atoms with E-state index in [1.165, 1.54) is 14.2 Å². The normalized spacial score (nSPS) is 10.5. The first-order chi connectivity index (χ1) is 14.0. The fourth-order valence-corrected chi connectivity index (χ4v) is 3.17. The van der Waals surface area contributed by atoms with Gasteiger partial charge in [-0.1, -0.05) is 30.3 Å². The van der Waals surface area contributed by atoms with Gasteiger partial charge in [0, 0.05) is 0 Å². The second-order valence-corrected chi connectivity index (χ2v) is 6.51. The first-order valence-electron chi connectivity index (χ1n) is 9.10. The van der Waals surface area contributed by atoms with Crippen LogP contribution < -0.4 is 10.1 Å². The minimum atomic E-state index is -0.396. The predicted molar refractivity (Wildman–Crippen MR) is 110 cm³/mol. The number of nitrogens with zero attached hydrogens (tertiary/aromatic N) is 2. The number of benzene rings is 2. The van der Waals surface area contributed by atoms with Crippen LogP contribution in [0.2, 0.25) is 0 Å². The molecule has 3 rings (SSSR count). The molecule has 1 N–H and O–H groups in total. The van der Waals surface area contributed by atoms with E-state index in [1.54, 1.807) is 35.0 Å². The molecule has 0 saturated heterocycles. The molecule has 0 unspecified atom stereocenters. The van der Waals surface area contributed by atoms with Crippen LogP contribution in [-0.4, -0.2) is 35.9 Å². The van der Waals surface area contributed by atoms with Crippen LogP contribution in [0.3, 0.4) is 0 Å². The molecule has 0 aliphatic carbocycles. The number of aryl methyl sites for hydroxylation is 1. The predicted octanol–water partition coefficient (Wildman–Crippen LogP) is 3.60. The third kappa shape index (κ3) is 4.13. The molecule has 1 heterocycles. The van der Waals surface area contributed by atoms with Crippen LogP contribution in [0.5, 0.6) is 5.75 Å². The van der Waals surface area contributed by atoms with Gasteiger partial charge in [-0.05, 0) is 37.6 Å². The van der Waals surface area contributed by atoms with Gasteiger partial charge in [-0.25, -0.2) is 4.79 Å². The lowest BCUT2D eigenvalue weighted by atomic mass is 10.1. The van der Waals surface area contributed by atoms with E-state index in [4.69, 9.17) is 9.47 Å². The quantitative estimate of drug-likeness (QED) is 0.647. The summed E-state index contributed by atoms with van der Waals surface area (Å²) in [5.41, 5.74) is 3.82. The van der Waals surface area contributed by atoms with Crippen molar-refractivity contribution < 1.29 is 19.1 Å². The Morgan fingerprint density at radius 3 is 2.34 bits per heavy atom. The maximum absolute atomic E-state index is 12.8. The monoisotopic (exact) mass is 393 g/mol. The molecule has 0 saturated carbocycles. The van der Waals surface area contributed by atoms with E-state index >= 15 is 0 Å². The lowest BCUT2D eigenvalue weighted by molar-refractivity contribution is 0.0599. The van der Waals surface area contributed by atoms with Crippen LogP contribution in [0.25, 0.3) is 0 Å². The third-order valence-electron chi connectivity index (χ3n) is 4.71. The zero-order valence-electron chi connectivity index (χ0n) is 16.9. The zero-order valence-corrected chi connectivity index (χ0v) is 16.9. The molecule has 7 heteroatoms. The average Bonchev–Trinajstić information content (AvgIpc) is 3.00. The summed E-state index contributed by atoms with van der Waals surface area (Å²) in [6, 6.07) is 14.3. The number of anilines is 1. The molecule has 0 spiro atoms. The van der Waals surface area contributed by atoms with Crippen LogP contribution in [0.1, 0.15) is 37.7 Å². The van der Waals surface area contributed by atoms with E-state index in [0.717, 1.165) is 11.3 Å². The number of nitrogens with one attached hydrogen (secondary N) is 1. The number of carbonyl (C=O) groups is 2. The number of ether oxygens (including phenoxy) is 2. The summed E-state index contributed by atoms with van der Waals surface area (Å²) in [6.07, 6.45) is 0. The van der Waals surface area contributed by atoms with Crippen LogP contribution >= 0.6 is 0 Å². The van der Waals surface area contributed by atoms with Crippen molar-refractivity contribution in [3.8, 4) is 5.75 Å². The van der Waals surface area contributed by atoms with Gasteiger partial charge in [0.05, 0.1) is 49.0 Å². The number of para-hydroxylation sites is 1. The summed E-state index contributed by atoms with van der Waals surface area (Å²) < 4.78 is 11.9. The SMILES string of the molecule is COC(=O)c1ccccc1Cn1nc(C)c(NC(=O)c2ccccc2OC)c1C. The van der Waals surface area contributed by atoms with Gasteiger partial charge in [0.25, 0.3) is 5.91 Å². The molecular formula is C22H23N3O4. The summed E-state index contributed by atoms with van der Waals surface area (Å²) in [6.45, 7) is 4.08. The molecule has 29 heavy (non-hydrogen) atoms. The Labute approximate surface area is 169 Å². The van der Waals surface area contributed by atoms with Crippen molar-refractivity contribution in [1.82, 2.24) is 9.78 Å². The fourth-order valence-electron chi connectivity index (χ4n) is 3.17. The second-order valence-electron chi connectivity index (χ2n) is 6.51. The summed E-state index contributed by atoms with van der Waals surface area (Å²) in [5.74, 6) is -0.172. The zero-order chi connectivity index (χ0) is 21.0. The highest BCUT2D eigenvalue weighted by atomic mass is 16.5. The molecule has 1 aromatic heterocycles. The molecule has 0 radical (unpaired) electrons. The van der Waals surface area contributed by atoms with Crippen LogP contribution in [0.4, 0.5) is 5.69 Å². The van der Waals surface area contributed by atoms with E-state index in [0.29, 0.717) is 34.8 Å². The highest BCUT2D eigenvalue weighted by molar-refractivity contribution is 6.06. The van der Waals surface area contributed by atoms with Gasteiger partial charge in [-0.2, -0.15) is 5.10 Å². The van der Waals surface area contributed by atoms with Gasteiger partial charge in [0.15, 0.2) is 0 Å². The number of methoxy groups -OCH3 is 2. The van der Waals surface area contributed by atoms with Gasteiger partial charge in [0.2, 0.25) is 0 Å². The van der Waals surface area contributed by atoms with E-state index < -0.39 is 5.97 Å². The van der Waals surface area contributed by atoms with Gasteiger partial charge in [-0.3, -0.25) is 9.48 Å². The van der Waals surface area contributed by atoms with Crippen molar-refractivity contribution >= 4 is 17.6 Å². The molecule has 150 valence electrons.